The van der Waals surface area contributed by atoms with Crippen molar-refractivity contribution in [3.05, 3.63) is 29.8 Å². The molecule has 0 spiro atoms. The first kappa shape index (κ1) is 15.6. The van der Waals surface area contributed by atoms with Gasteiger partial charge in [-0.2, -0.15) is 13.2 Å². The molecule has 1 rings (SSSR count). The number of carbonyl (C=O) groups is 1. The topological polar surface area (TPSA) is 96.9 Å². The highest BCUT2D eigenvalue weighted by molar-refractivity contribution is 5.97. The summed E-state index contributed by atoms with van der Waals surface area (Å²) < 4.78 is 40.5. The van der Waals surface area contributed by atoms with Crippen molar-refractivity contribution in [1.29, 1.82) is 0 Å². The Morgan fingerprint density at radius 1 is 1.35 bits per heavy atom. The summed E-state index contributed by atoms with van der Waals surface area (Å²) in [4.78, 5) is 11.1. The van der Waals surface area contributed by atoms with Crippen molar-refractivity contribution in [2.45, 2.75) is 6.18 Å². The number of halogens is 3. The number of hydrogen-bond acceptors (Lipinski definition) is 4. The maximum Gasteiger partial charge on any atom is 0.405 e. The van der Waals surface area contributed by atoms with Gasteiger partial charge in [-0.15, -0.1) is 0 Å². The molecule has 0 aliphatic heterocycles. The summed E-state index contributed by atoms with van der Waals surface area (Å²) >= 11 is 0. The number of rotatable bonds is 5. The molecule has 1 amide bonds. The lowest BCUT2D eigenvalue weighted by Crippen LogP contribution is -2.36. The van der Waals surface area contributed by atoms with Gasteiger partial charge in [0.25, 0.3) is 5.91 Å². The average molecular weight is 291 g/mol. The van der Waals surface area contributed by atoms with Gasteiger partial charge in [0.15, 0.2) is 12.4 Å². The third kappa shape index (κ3) is 5.46. The molecule has 6 nitrogen and oxygen atoms in total. The van der Waals surface area contributed by atoms with Crippen LogP contribution in [0, 0.1) is 0 Å². The highest BCUT2D eigenvalue weighted by atomic mass is 19.4. The van der Waals surface area contributed by atoms with Gasteiger partial charge >= 0.3 is 6.18 Å². The Morgan fingerprint density at radius 2 is 1.95 bits per heavy atom. The van der Waals surface area contributed by atoms with Gasteiger partial charge in [0.2, 0.25) is 0 Å². The third-order valence-corrected chi connectivity index (χ3v) is 2.11. The molecule has 1 aromatic rings. The van der Waals surface area contributed by atoms with E-state index in [4.69, 9.17) is 15.7 Å². The summed E-state index contributed by atoms with van der Waals surface area (Å²) in [6.45, 7) is -1.95. The fourth-order valence-electron chi connectivity index (χ4n) is 1.18. The number of alkyl halides is 3. The van der Waals surface area contributed by atoms with E-state index in [2.05, 4.69) is 5.16 Å². The number of benzene rings is 1. The molecule has 9 heteroatoms. The van der Waals surface area contributed by atoms with Crippen LogP contribution in [0.1, 0.15) is 5.56 Å². The molecule has 4 N–H and O–H groups in total. The summed E-state index contributed by atoms with van der Waals surface area (Å²) in [6, 6.07) is 5.81. The molecule has 0 heterocycles. The highest BCUT2D eigenvalue weighted by Crippen LogP contribution is 2.13. The number of oxime groups is 1. The van der Waals surface area contributed by atoms with E-state index in [1.165, 1.54) is 24.3 Å². The molecule has 110 valence electrons. The standard InChI is InChI=1S/C11H12F3N3O3/c12-11(13,14)6-16-9(18)5-20-8-3-1-7(2-4-8)10(15)17-19/h1-4,19H,5-6H2,(H2,15,17)(H,16,18). The van der Waals surface area contributed by atoms with Gasteiger partial charge < -0.3 is 21.0 Å². The van der Waals surface area contributed by atoms with Crippen LogP contribution in [0.15, 0.2) is 29.4 Å². The van der Waals surface area contributed by atoms with Crippen LogP contribution in [0.25, 0.3) is 0 Å². The Kier molecular flexibility index (Phi) is 5.18. The van der Waals surface area contributed by atoms with Crippen LogP contribution in [-0.4, -0.2) is 36.3 Å². The first-order valence-electron chi connectivity index (χ1n) is 5.36. The lowest BCUT2D eigenvalue weighted by atomic mass is 10.2. The first-order chi connectivity index (χ1) is 9.31. The molecule has 0 aromatic heterocycles. The number of nitrogens with zero attached hydrogens (tertiary/aromatic N) is 1. The van der Waals surface area contributed by atoms with E-state index in [1.54, 1.807) is 5.32 Å². The molecule has 0 aliphatic rings. The molecule has 0 fully saturated rings. The molecular formula is C11H12F3N3O3. The van der Waals surface area contributed by atoms with Gasteiger partial charge in [0.1, 0.15) is 12.3 Å². The van der Waals surface area contributed by atoms with E-state index in [-0.39, 0.29) is 11.6 Å². The lowest BCUT2D eigenvalue weighted by Gasteiger charge is -2.09. The minimum Gasteiger partial charge on any atom is -0.484 e. The number of hydrogen-bond donors (Lipinski definition) is 3. The van der Waals surface area contributed by atoms with Crippen molar-refractivity contribution in [1.82, 2.24) is 5.32 Å². The molecular weight excluding hydrogens is 279 g/mol. The SMILES string of the molecule is N/C(=N\O)c1ccc(OCC(=O)NCC(F)(F)F)cc1. The zero-order valence-electron chi connectivity index (χ0n) is 10.1. The molecule has 20 heavy (non-hydrogen) atoms. The number of nitrogens with one attached hydrogen (secondary N) is 1. The fraction of sp³-hybridized carbons (Fsp3) is 0.273. The van der Waals surface area contributed by atoms with E-state index in [1.807, 2.05) is 0 Å². The van der Waals surface area contributed by atoms with E-state index in [9.17, 15) is 18.0 Å². The predicted octanol–water partition coefficient (Wildman–Crippen LogP) is 0.838. The van der Waals surface area contributed by atoms with E-state index < -0.39 is 25.2 Å². The van der Waals surface area contributed by atoms with Crippen molar-refractivity contribution >= 4 is 11.7 Å². The molecule has 1 aromatic carbocycles. The van der Waals surface area contributed by atoms with Gasteiger partial charge in [-0.25, -0.2) is 0 Å². The Labute approximate surface area is 112 Å². The van der Waals surface area contributed by atoms with Crippen molar-refractivity contribution in [3.63, 3.8) is 0 Å². The summed E-state index contributed by atoms with van der Waals surface area (Å²) in [6.07, 6.45) is -4.46. The Balaban J connectivity index is 2.44. The van der Waals surface area contributed by atoms with Gasteiger partial charge in [-0.05, 0) is 24.3 Å². The summed E-state index contributed by atoms with van der Waals surface area (Å²) in [5, 5.41) is 12.9. The maximum absolute atomic E-state index is 11.8. The Hall–Kier alpha value is -2.45. The second kappa shape index (κ2) is 6.64. The number of nitrogens with two attached hydrogens (primary N) is 1. The second-order valence-corrected chi connectivity index (χ2v) is 3.69. The molecule has 0 radical (unpaired) electrons. The van der Waals surface area contributed by atoms with Crippen LogP contribution >= 0.6 is 0 Å². The monoisotopic (exact) mass is 291 g/mol. The first-order valence-corrected chi connectivity index (χ1v) is 5.36. The summed E-state index contributed by atoms with van der Waals surface area (Å²) in [5.74, 6) is -0.719. The van der Waals surface area contributed by atoms with Crippen molar-refractivity contribution in [2.75, 3.05) is 13.2 Å². The normalized spacial score (nSPS) is 12.1. The Morgan fingerprint density at radius 3 is 2.45 bits per heavy atom. The number of amidine groups is 1. The predicted molar refractivity (Wildman–Crippen MR) is 63.5 cm³/mol. The van der Waals surface area contributed by atoms with E-state index in [0.29, 0.717) is 5.56 Å². The third-order valence-electron chi connectivity index (χ3n) is 2.11. The zero-order valence-corrected chi connectivity index (χ0v) is 10.1. The van der Waals surface area contributed by atoms with Crippen LogP contribution in [0.5, 0.6) is 5.75 Å². The molecule has 0 bridgehead atoms. The summed E-state index contributed by atoms with van der Waals surface area (Å²) in [7, 11) is 0. The van der Waals surface area contributed by atoms with Crippen molar-refractivity contribution < 1.29 is 27.9 Å². The maximum atomic E-state index is 11.8. The van der Waals surface area contributed by atoms with Crippen molar-refractivity contribution in [3.8, 4) is 5.75 Å². The van der Waals surface area contributed by atoms with Crippen molar-refractivity contribution in [2.24, 2.45) is 10.9 Å². The molecule has 0 saturated carbocycles. The van der Waals surface area contributed by atoms with Gasteiger partial charge in [-0.3, -0.25) is 4.79 Å². The molecule has 0 atom stereocenters. The number of ether oxygens (including phenoxy) is 1. The smallest absolute Gasteiger partial charge is 0.405 e. The largest absolute Gasteiger partial charge is 0.484 e. The molecule has 0 unspecified atom stereocenters. The molecule has 0 saturated heterocycles. The number of carbonyl (C=O) groups excluding carboxylic acids is 1. The minimum atomic E-state index is -4.46. The lowest BCUT2D eigenvalue weighted by molar-refractivity contribution is -0.139. The van der Waals surface area contributed by atoms with Gasteiger partial charge in [0, 0.05) is 5.56 Å². The second-order valence-electron chi connectivity index (χ2n) is 3.69. The fourth-order valence-corrected chi connectivity index (χ4v) is 1.18. The minimum absolute atomic E-state index is 0.0977. The van der Waals surface area contributed by atoms with Crippen LogP contribution in [0.2, 0.25) is 0 Å². The average Bonchev–Trinajstić information content (AvgIpc) is 2.41. The number of amides is 1. The van der Waals surface area contributed by atoms with Crippen LogP contribution in [-0.2, 0) is 4.79 Å². The quantitative estimate of drug-likeness (QED) is 0.324. The molecule has 0 aliphatic carbocycles. The van der Waals surface area contributed by atoms with Crippen LogP contribution in [0.3, 0.4) is 0 Å². The Bertz CT molecular complexity index is 486. The van der Waals surface area contributed by atoms with E-state index >= 15 is 0 Å². The van der Waals surface area contributed by atoms with E-state index in [0.717, 1.165) is 0 Å². The van der Waals surface area contributed by atoms with Crippen LogP contribution in [0.4, 0.5) is 13.2 Å². The van der Waals surface area contributed by atoms with Gasteiger partial charge in [0.05, 0.1) is 0 Å². The van der Waals surface area contributed by atoms with Crippen LogP contribution < -0.4 is 15.8 Å². The van der Waals surface area contributed by atoms with Gasteiger partial charge in [-0.1, -0.05) is 5.16 Å². The summed E-state index contributed by atoms with van der Waals surface area (Å²) in [5.41, 5.74) is 5.77. The highest BCUT2D eigenvalue weighted by Gasteiger charge is 2.27. The zero-order chi connectivity index (χ0) is 15.2.